The molecule has 1 aromatic carbocycles. The zero-order valence-electron chi connectivity index (χ0n) is 10.3. The number of aromatic hydroxyl groups is 1. The van der Waals surface area contributed by atoms with E-state index in [-0.39, 0.29) is 6.10 Å². The predicted molar refractivity (Wildman–Crippen MR) is 67.9 cm³/mol. The van der Waals surface area contributed by atoms with Crippen LogP contribution in [-0.4, -0.2) is 22.9 Å². The number of hydrogen-bond acceptors (Lipinski definition) is 3. The van der Waals surface area contributed by atoms with Crippen LogP contribution < -0.4 is 5.32 Å². The number of hydrogen-bond donors (Lipinski definition) is 3. The topological polar surface area (TPSA) is 52.5 Å². The van der Waals surface area contributed by atoms with E-state index in [9.17, 15) is 10.2 Å². The second-order valence-corrected chi connectivity index (χ2v) is 5.10. The summed E-state index contributed by atoms with van der Waals surface area (Å²) in [5, 5.41) is 22.5. The second-order valence-electron chi connectivity index (χ2n) is 5.10. The van der Waals surface area contributed by atoms with Crippen molar-refractivity contribution in [2.24, 2.45) is 5.92 Å². The Labute approximate surface area is 102 Å². The van der Waals surface area contributed by atoms with Crippen molar-refractivity contribution in [1.29, 1.82) is 0 Å². The maximum atomic E-state index is 9.69. The summed E-state index contributed by atoms with van der Waals surface area (Å²) >= 11 is 0. The van der Waals surface area contributed by atoms with Crippen molar-refractivity contribution in [2.45, 2.75) is 38.8 Å². The lowest BCUT2D eigenvalue weighted by Crippen LogP contribution is -2.21. The van der Waals surface area contributed by atoms with E-state index in [0.29, 0.717) is 18.2 Å². The molecule has 0 bridgehead atoms. The number of rotatable bonds is 4. The molecule has 17 heavy (non-hydrogen) atoms. The third-order valence-corrected chi connectivity index (χ3v) is 3.50. The van der Waals surface area contributed by atoms with Gasteiger partial charge < -0.3 is 15.5 Å². The largest absolute Gasteiger partial charge is 0.508 e. The van der Waals surface area contributed by atoms with Gasteiger partial charge in [0.2, 0.25) is 0 Å². The first-order valence-electron chi connectivity index (χ1n) is 6.32. The van der Waals surface area contributed by atoms with Crippen molar-refractivity contribution in [2.75, 3.05) is 6.54 Å². The van der Waals surface area contributed by atoms with Crippen molar-refractivity contribution >= 4 is 0 Å². The van der Waals surface area contributed by atoms with Crippen molar-refractivity contribution < 1.29 is 10.2 Å². The van der Waals surface area contributed by atoms with Gasteiger partial charge in [-0.2, -0.15) is 0 Å². The molecular weight excluding hydrogens is 214 g/mol. The summed E-state index contributed by atoms with van der Waals surface area (Å²) in [6, 6.07) is 5.66. The molecule has 0 aromatic heterocycles. The second kappa shape index (κ2) is 5.52. The van der Waals surface area contributed by atoms with Crippen LogP contribution in [0.1, 0.15) is 30.4 Å². The molecule has 0 heterocycles. The Bertz CT molecular complexity index is 378. The van der Waals surface area contributed by atoms with Gasteiger partial charge >= 0.3 is 0 Å². The van der Waals surface area contributed by atoms with Gasteiger partial charge in [0.25, 0.3) is 0 Å². The lowest BCUT2D eigenvalue weighted by Gasteiger charge is -2.12. The average Bonchev–Trinajstić information content (AvgIpc) is 2.69. The van der Waals surface area contributed by atoms with Gasteiger partial charge in [-0.1, -0.05) is 17.7 Å². The van der Waals surface area contributed by atoms with E-state index in [1.165, 1.54) is 0 Å². The number of benzene rings is 1. The monoisotopic (exact) mass is 235 g/mol. The Hall–Kier alpha value is -1.06. The summed E-state index contributed by atoms with van der Waals surface area (Å²) in [5.41, 5.74) is 2.11. The molecule has 1 aliphatic rings. The third-order valence-electron chi connectivity index (χ3n) is 3.50. The molecule has 1 saturated carbocycles. The normalized spacial score (nSPS) is 24.1. The maximum Gasteiger partial charge on any atom is 0.120 e. The van der Waals surface area contributed by atoms with E-state index >= 15 is 0 Å². The van der Waals surface area contributed by atoms with Gasteiger partial charge in [0.1, 0.15) is 5.75 Å². The molecule has 0 amide bonds. The molecule has 3 N–H and O–H groups in total. The van der Waals surface area contributed by atoms with Crippen LogP contribution in [0.15, 0.2) is 18.2 Å². The van der Waals surface area contributed by atoms with Gasteiger partial charge in [0.15, 0.2) is 0 Å². The Kier molecular flexibility index (Phi) is 4.02. The third kappa shape index (κ3) is 3.45. The molecule has 2 unspecified atom stereocenters. The number of phenolic OH excluding ortho intramolecular Hbond substituents is 1. The van der Waals surface area contributed by atoms with Gasteiger partial charge in [-0.15, -0.1) is 0 Å². The van der Waals surface area contributed by atoms with Gasteiger partial charge in [0, 0.05) is 12.1 Å². The lowest BCUT2D eigenvalue weighted by molar-refractivity contribution is 0.177. The fraction of sp³-hybridized carbons (Fsp3) is 0.571. The minimum atomic E-state index is -0.103. The molecule has 1 aromatic rings. The summed E-state index contributed by atoms with van der Waals surface area (Å²) in [6.07, 6.45) is 2.84. The molecular formula is C14H21NO2. The Morgan fingerprint density at radius 1 is 1.35 bits per heavy atom. The predicted octanol–water partition coefficient (Wildman–Crippen LogP) is 1.95. The zero-order valence-corrected chi connectivity index (χ0v) is 10.3. The number of aliphatic hydroxyl groups is 1. The van der Waals surface area contributed by atoms with Crippen LogP contribution in [0, 0.1) is 12.8 Å². The highest BCUT2D eigenvalue weighted by Gasteiger charge is 2.22. The Balaban J connectivity index is 1.80. The van der Waals surface area contributed by atoms with Crippen LogP contribution in [0.5, 0.6) is 5.75 Å². The van der Waals surface area contributed by atoms with Crippen molar-refractivity contribution in [3.8, 4) is 5.75 Å². The molecule has 94 valence electrons. The molecule has 0 radical (unpaired) electrons. The number of aryl methyl sites for hydroxylation is 1. The molecule has 3 heteroatoms. The van der Waals surface area contributed by atoms with E-state index in [1.807, 2.05) is 19.1 Å². The summed E-state index contributed by atoms with van der Waals surface area (Å²) < 4.78 is 0. The quantitative estimate of drug-likeness (QED) is 0.747. The minimum Gasteiger partial charge on any atom is -0.508 e. The van der Waals surface area contributed by atoms with Crippen molar-refractivity contribution in [3.05, 3.63) is 29.3 Å². The first-order valence-corrected chi connectivity index (χ1v) is 6.32. The highest BCUT2D eigenvalue weighted by Crippen LogP contribution is 2.25. The highest BCUT2D eigenvalue weighted by atomic mass is 16.3. The smallest absolute Gasteiger partial charge is 0.120 e. The summed E-state index contributed by atoms with van der Waals surface area (Å²) in [5.74, 6) is 0.937. The van der Waals surface area contributed by atoms with Gasteiger partial charge in [0.05, 0.1) is 6.10 Å². The Morgan fingerprint density at radius 3 is 2.88 bits per heavy atom. The van der Waals surface area contributed by atoms with Gasteiger partial charge in [-0.05, 0) is 44.7 Å². The molecule has 2 rings (SSSR count). The van der Waals surface area contributed by atoms with E-state index in [0.717, 1.165) is 36.9 Å². The maximum absolute atomic E-state index is 9.69. The van der Waals surface area contributed by atoms with Crippen LogP contribution in [0.2, 0.25) is 0 Å². The first kappa shape index (κ1) is 12.4. The highest BCUT2D eigenvalue weighted by molar-refractivity contribution is 5.35. The summed E-state index contributed by atoms with van der Waals surface area (Å²) in [6.45, 7) is 3.64. The average molecular weight is 235 g/mol. The molecule has 2 atom stereocenters. The Morgan fingerprint density at radius 2 is 2.18 bits per heavy atom. The minimum absolute atomic E-state index is 0.103. The number of nitrogens with one attached hydrogen (secondary N) is 1. The fourth-order valence-corrected chi connectivity index (χ4v) is 2.50. The number of phenols is 1. The molecule has 3 nitrogen and oxygen atoms in total. The van der Waals surface area contributed by atoms with Crippen LogP contribution >= 0.6 is 0 Å². The van der Waals surface area contributed by atoms with Crippen LogP contribution in [0.3, 0.4) is 0 Å². The number of aliphatic hydroxyl groups excluding tert-OH is 1. The van der Waals surface area contributed by atoms with E-state index in [2.05, 4.69) is 5.32 Å². The van der Waals surface area contributed by atoms with Crippen molar-refractivity contribution in [3.63, 3.8) is 0 Å². The molecule has 1 aliphatic carbocycles. The lowest BCUT2D eigenvalue weighted by atomic mass is 10.1. The van der Waals surface area contributed by atoms with E-state index < -0.39 is 0 Å². The van der Waals surface area contributed by atoms with Crippen LogP contribution in [0.4, 0.5) is 0 Å². The van der Waals surface area contributed by atoms with Gasteiger partial charge in [-0.3, -0.25) is 0 Å². The standard InChI is InChI=1S/C14H21NO2/c1-10-2-5-14(17)12(6-10)9-15-8-11-3-4-13(16)7-11/h2,5-6,11,13,15-17H,3-4,7-9H2,1H3. The zero-order chi connectivity index (χ0) is 12.3. The van der Waals surface area contributed by atoms with Crippen LogP contribution in [0.25, 0.3) is 0 Å². The molecule has 1 fully saturated rings. The summed E-state index contributed by atoms with van der Waals surface area (Å²) in [4.78, 5) is 0. The molecule has 0 saturated heterocycles. The SMILES string of the molecule is Cc1ccc(O)c(CNCC2CCC(O)C2)c1. The van der Waals surface area contributed by atoms with Crippen LogP contribution in [-0.2, 0) is 6.54 Å². The van der Waals surface area contributed by atoms with Crippen molar-refractivity contribution in [1.82, 2.24) is 5.32 Å². The van der Waals surface area contributed by atoms with E-state index in [1.54, 1.807) is 6.07 Å². The van der Waals surface area contributed by atoms with E-state index in [4.69, 9.17) is 0 Å². The first-order chi connectivity index (χ1) is 8.15. The van der Waals surface area contributed by atoms with Gasteiger partial charge in [-0.25, -0.2) is 0 Å². The molecule has 0 aliphatic heterocycles. The fourth-order valence-electron chi connectivity index (χ4n) is 2.50. The summed E-state index contributed by atoms with van der Waals surface area (Å²) in [7, 11) is 0. The molecule has 0 spiro atoms.